The first-order valence-corrected chi connectivity index (χ1v) is 9.23. The van der Waals surface area contributed by atoms with Crippen LogP contribution >= 0.6 is 0 Å². The van der Waals surface area contributed by atoms with Gasteiger partial charge in [-0.25, -0.2) is 19.4 Å². The number of aromatic amines is 1. The van der Waals surface area contributed by atoms with Crippen LogP contribution in [0.4, 0.5) is 4.79 Å². The lowest BCUT2D eigenvalue weighted by Gasteiger charge is -2.20. The second-order valence-corrected chi connectivity index (χ2v) is 6.70. The topological polar surface area (TPSA) is 129 Å². The van der Waals surface area contributed by atoms with Crippen LogP contribution < -0.4 is 5.32 Å². The molecule has 1 aromatic carbocycles. The number of H-pyrrole nitrogens is 1. The first kappa shape index (κ1) is 21.9. The number of rotatable bonds is 5. The fourth-order valence-corrected chi connectivity index (χ4v) is 2.91. The summed E-state index contributed by atoms with van der Waals surface area (Å²) < 4.78 is 1.77. The highest BCUT2D eigenvalue weighted by Gasteiger charge is 2.18. The molecule has 0 saturated heterocycles. The van der Waals surface area contributed by atoms with Crippen LogP contribution in [0, 0.1) is 13.8 Å². The smallest absolute Gasteiger partial charge is 0.318 e. The summed E-state index contributed by atoms with van der Waals surface area (Å²) in [4.78, 5) is 34.6. The van der Waals surface area contributed by atoms with Gasteiger partial charge < -0.3 is 20.3 Å². The highest BCUT2D eigenvalue weighted by molar-refractivity contribution is 5.77. The Labute approximate surface area is 169 Å². The van der Waals surface area contributed by atoms with E-state index in [1.807, 2.05) is 13.8 Å². The molecule has 3 aromatic rings. The molecule has 156 valence electrons. The first-order valence-electron chi connectivity index (χ1n) is 9.23. The number of fused-ring (bicyclic) bond motifs is 1. The van der Waals surface area contributed by atoms with E-state index in [1.165, 1.54) is 17.5 Å². The maximum Gasteiger partial charge on any atom is 0.318 e. The van der Waals surface area contributed by atoms with Crippen molar-refractivity contribution in [1.82, 2.24) is 34.9 Å². The third-order valence-electron chi connectivity index (χ3n) is 4.55. The number of amides is 2. The van der Waals surface area contributed by atoms with E-state index in [1.54, 1.807) is 16.6 Å². The van der Waals surface area contributed by atoms with Gasteiger partial charge in [-0.05, 0) is 51.0 Å². The summed E-state index contributed by atoms with van der Waals surface area (Å²) in [5.74, 6) is 1.50. The van der Waals surface area contributed by atoms with Crippen molar-refractivity contribution in [3.63, 3.8) is 0 Å². The summed E-state index contributed by atoms with van der Waals surface area (Å²) in [7, 11) is 1.75. The molecule has 1 atom stereocenters. The second-order valence-electron chi connectivity index (χ2n) is 6.70. The molecular weight excluding hydrogens is 374 g/mol. The Bertz CT molecular complexity index is 941. The molecule has 2 amide bonds. The second kappa shape index (κ2) is 9.67. The Kier molecular flexibility index (Phi) is 7.29. The number of carboxylic acid groups (broad SMARTS) is 1. The van der Waals surface area contributed by atoms with Gasteiger partial charge in [0.05, 0.1) is 23.6 Å². The Hall–Kier alpha value is -3.43. The number of imidazole rings is 1. The average Bonchev–Trinajstić information content (AvgIpc) is 3.29. The number of hydrogen-bond acceptors (Lipinski definition) is 5. The molecule has 0 spiro atoms. The van der Waals surface area contributed by atoms with E-state index >= 15 is 0 Å². The summed E-state index contributed by atoms with van der Waals surface area (Å²) in [6.45, 7) is 8.89. The Morgan fingerprint density at radius 3 is 2.69 bits per heavy atom. The quantitative estimate of drug-likeness (QED) is 0.563. The summed E-state index contributed by atoms with van der Waals surface area (Å²) in [5.41, 5.74) is 4.32. The standard InChI is InChI=1S/C18H25N7O.CH2O2/c1-6-25-17(19-10-20-25)13(4)21-18(26)24(5)9-16-22-14-7-11(2)12(3)8-15(14)23-16;2-1-3/h7-8,10,13H,6,9H2,1-5H3,(H,21,26)(H,22,23);1H,(H,2,3). The van der Waals surface area contributed by atoms with E-state index in [2.05, 4.69) is 51.3 Å². The van der Waals surface area contributed by atoms with Crippen molar-refractivity contribution < 1.29 is 14.7 Å². The minimum Gasteiger partial charge on any atom is -0.483 e. The van der Waals surface area contributed by atoms with Gasteiger partial charge >= 0.3 is 6.03 Å². The predicted molar refractivity (Wildman–Crippen MR) is 108 cm³/mol. The average molecular weight is 401 g/mol. The number of carbonyl (C=O) groups is 2. The van der Waals surface area contributed by atoms with Crippen LogP contribution in [-0.4, -0.2) is 54.3 Å². The molecule has 0 aliphatic rings. The Morgan fingerprint density at radius 2 is 2.03 bits per heavy atom. The van der Waals surface area contributed by atoms with Crippen LogP contribution in [0.3, 0.4) is 0 Å². The number of benzene rings is 1. The van der Waals surface area contributed by atoms with Crippen molar-refractivity contribution in [2.45, 2.75) is 46.8 Å². The van der Waals surface area contributed by atoms with E-state index in [4.69, 9.17) is 9.90 Å². The summed E-state index contributed by atoms with van der Waals surface area (Å²) >= 11 is 0. The van der Waals surface area contributed by atoms with Crippen molar-refractivity contribution in [3.8, 4) is 0 Å². The van der Waals surface area contributed by atoms with Crippen LogP contribution in [0.5, 0.6) is 0 Å². The van der Waals surface area contributed by atoms with Gasteiger partial charge in [0.2, 0.25) is 0 Å². The maximum absolute atomic E-state index is 12.5. The van der Waals surface area contributed by atoms with Crippen LogP contribution in [-0.2, 0) is 17.9 Å². The largest absolute Gasteiger partial charge is 0.483 e. The molecule has 0 radical (unpaired) electrons. The van der Waals surface area contributed by atoms with Gasteiger partial charge in [-0.15, -0.1) is 0 Å². The van der Waals surface area contributed by atoms with Crippen LogP contribution in [0.15, 0.2) is 18.5 Å². The number of urea groups is 1. The van der Waals surface area contributed by atoms with Gasteiger partial charge in [0.1, 0.15) is 18.0 Å². The van der Waals surface area contributed by atoms with Gasteiger partial charge in [0, 0.05) is 13.6 Å². The summed E-state index contributed by atoms with van der Waals surface area (Å²) in [6.07, 6.45) is 1.50. The van der Waals surface area contributed by atoms with Crippen molar-refractivity contribution >= 4 is 23.5 Å². The first-order chi connectivity index (χ1) is 13.8. The molecule has 10 nitrogen and oxygen atoms in total. The lowest BCUT2D eigenvalue weighted by atomic mass is 10.1. The molecule has 2 heterocycles. The lowest BCUT2D eigenvalue weighted by Crippen LogP contribution is -2.39. The molecule has 29 heavy (non-hydrogen) atoms. The zero-order chi connectivity index (χ0) is 21.6. The number of aromatic nitrogens is 5. The molecular formula is C19H27N7O3. The number of aryl methyl sites for hydroxylation is 3. The molecule has 10 heteroatoms. The van der Waals surface area contributed by atoms with Crippen LogP contribution in [0.1, 0.15) is 42.7 Å². The fraction of sp³-hybridized carbons (Fsp3) is 0.421. The molecule has 2 aromatic heterocycles. The molecule has 3 rings (SSSR count). The zero-order valence-corrected chi connectivity index (χ0v) is 17.3. The zero-order valence-electron chi connectivity index (χ0n) is 17.3. The van der Waals surface area contributed by atoms with E-state index in [9.17, 15) is 4.79 Å². The number of nitrogens with one attached hydrogen (secondary N) is 2. The Morgan fingerprint density at radius 1 is 1.38 bits per heavy atom. The normalized spacial score (nSPS) is 11.5. The van der Waals surface area contributed by atoms with Crippen LogP contribution in [0.2, 0.25) is 0 Å². The van der Waals surface area contributed by atoms with Gasteiger partial charge in [0.25, 0.3) is 6.47 Å². The van der Waals surface area contributed by atoms with E-state index < -0.39 is 0 Å². The summed E-state index contributed by atoms with van der Waals surface area (Å²) in [5, 5.41) is 14.0. The minimum absolute atomic E-state index is 0.184. The SMILES string of the molecule is CCn1ncnc1C(C)NC(=O)N(C)Cc1nc2cc(C)c(C)cc2[nH]1.O=CO. The minimum atomic E-state index is -0.250. The number of nitrogens with zero attached hydrogens (tertiary/aromatic N) is 5. The Balaban J connectivity index is 0.000000941. The molecule has 0 aliphatic heterocycles. The van der Waals surface area contributed by atoms with Crippen molar-refractivity contribution in [2.75, 3.05) is 7.05 Å². The highest BCUT2D eigenvalue weighted by Crippen LogP contribution is 2.18. The molecule has 0 bridgehead atoms. The van der Waals surface area contributed by atoms with Gasteiger partial charge in [-0.2, -0.15) is 5.10 Å². The van der Waals surface area contributed by atoms with E-state index in [0.717, 1.165) is 22.7 Å². The monoisotopic (exact) mass is 401 g/mol. The van der Waals surface area contributed by atoms with Crippen molar-refractivity contribution in [3.05, 3.63) is 41.2 Å². The van der Waals surface area contributed by atoms with Crippen molar-refractivity contribution in [2.24, 2.45) is 0 Å². The molecule has 0 aliphatic carbocycles. The van der Waals surface area contributed by atoms with E-state index in [-0.39, 0.29) is 18.5 Å². The number of carbonyl (C=O) groups excluding carboxylic acids is 1. The van der Waals surface area contributed by atoms with Crippen molar-refractivity contribution in [1.29, 1.82) is 0 Å². The third-order valence-corrected chi connectivity index (χ3v) is 4.55. The number of hydrogen-bond donors (Lipinski definition) is 3. The van der Waals surface area contributed by atoms with E-state index in [0.29, 0.717) is 13.1 Å². The van der Waals surface area contributed by atoms with Crippen LogP contribution in [0.25, 0.3) is 11.0 Å². The third kappa shape index (κ3) is 5.31. The fourth-order valence-electron chi connectivity index (χ4n) is 2.91. The predicted octanol–water partition coefficient (Wildman–Crippen LogP) is 2.39. The van der Waals surface area contributed by atoms with Gasteiger partial charge in [-0.3, -0.25) is 4.79 Å². The molecule has 0 saturated carbocycles. The van der Waals surface area contributed by atoms with Gasteiger partial charge in [-0.1, -0.05) is 0 Å². The highest BCUT2D eigenvalue weighted by atomic mass is 16.3. The van der Waals surface area contributed by atoms with Gasteiger partial charge in [0.15, 0.2) is 0 Å². The summed E-state index contributed by atoms with van der Waals surface area (Å²) in [6, 6.07) is 3.73. The molecule has 3 N–H and O–H groups in total. The molecule has 1 unspecified atom stereocenters. The molecule has 0 fully saturated rings. The maximum atomic E-state index is 12.5. The lowest BCUT2D eigenvalue weighted by molar-refractivity contribution is -0.122.